The van der Waals surface area contributed by atoms with Gasteiger partial charge in [-0.05, 0) is 18.4 Å². The Kier molecular flexibility index (Phi) is 2.81. The summed E-state index contributed by atoms with van der Waals surface area (Å²) < 4.78 is 11.6. The summed E-state index contributed by atoms with van der Waals surface area (Å²) in [6, 6.07) is 4.47. The van der Waals surface area contributed by atoms with E-state index in [1.165, 1.54) is 4.88 Å². The summed E-state index contributed by atoms with van der Waals surface area (Å²) in [6.07, 6.45) is 0. The lowest BCUT2D eigenvalue weighted by Crippen LogP contribution is -2.41. The summed E-state index contributed by atoms with van der Waals surface area (Å²) in [5, 5.41) is 5.79. The van der Waals surface area contributed by atoms with Gasteiger partial charge in [-0.15, -0.1) is 11.3 Å². The summed E-state index contributed by atoms with van der Waals surface area (Å²) in [6.45, 7) is 2.91. The van der Waals surface area contributed by atoms with Gasteiger partial charge in [0.15, 0.2) is 0 Å². The summed E-state index contributed by atoms with van der Waals surface area (Å²) in [7, 11) is -0.655. The zero-order valence-corrected chi connectivity index (χ0v) is 9.16. The van der Waals surface area contributed by atoms with Crippen LogP contribution in [0.15, 0.2) is 17.5 Å². The van der Waals surface area contributed by atoms with Crippen LogP contribution in [0.2, 0.25) is 0 Å². The van der Waals surface area contributed by atoms with E-state index in [9.17, 15) is 4.21 Å². The number of thiophene rings is 1. The van der Waals surface area contributed by atoms with Crippen molar-refractivity contribution in [2.75, 3.05) is 12.3 Å². The molecule has 1 saturated heterocycles. The van der Waals surface area contributed by atoms with Crippen molar-refractivity contribution in [2.24, 2.45) is 0 Å². The lowest BCUT2D eigenvalue weighted by atomic mass is 10.2. The molecule has 3 unspecified atom stereocenters. The third-order valence-corrected chi connectivity index (χ3v) is 5.03. The van der Waals surface area contributed by atoms with Crippen LogP contribution in [-0.4, -0.2) is 21.8 Å². The fourth-order valence-corrected chi connectivity index (χ4v) is 3.61. The van der Waals surface area contributed by atoms with Crippen molar-refractivity contribution in [3.63, 3.8) is 0 Å². The Morgan fingerprint density at radius 3 is 3.15 bits per heavy atom. The number of hydrogen-bond acceptors (Lipinski definition) is 3. The highest BCUT2D eigenvalue weighted by Crippen LogP contribution is 2.23. The molecule has 72 valence electrons. The number of nitrogens with one attached hydrogen (secondary N) is 1. The lowest BCUT2D eigenvalue weighted by molar-refractivity contribution is 0.546. The standard InChI is InChI=1S/C9H13NOS2/c1-7-5-10-8(6-13(7)11)9-3-2-4-12-9/h2-4,7-8,10H,5-6H2,1H3. The van der Waals surface area contributed by atoms with Crippen molar-refractivity contribution in [2.45, 2.75) is 18.2 Å². The smallest absolute Gasteiger partial charge is 0.0532 e. The van der Waals surface area contributed by atoms with E-state index >= 15 is 0 Å². The molecule has 1 N–H and O–H groups in total. The highest BCUT2D eigenvalue weighted by atomic mass is 32.2. The Morgan fingerprint density at radius 2 is 2.54 bits per heavy atom. The van der Waals surface area contributed by atoms with E-state index in [-0.39, 0.29) is 0 Å². The first-order valence-corrected chi connectivity index (χ1v) is 6.67. The first-order chi connectivity index (χ1) is 6.27. The van der Waals surface area contributed by atoms with E-state index in [0.29, 0.717) is 11.3 Å². The van der Waals surface area contributed by atoms with Crippen LogP contribution in [0.5, 0.6) is 0 Å². The summed E-state index contributed by atoms with van der Waals surface area (Å²) in [5.41, 5.74) is 0. The minimum absolute atomic E-state index is 0.302. The van der Waals surface area contributed by atoms with Crippen molar-refractivity contribution in [1.29, 1.82) is 0 Å². The molecule has 0 amide bonds. The predicted molar refractivity (Wildman–Crippen MR) is 57.5 cm³/mol. The minimum atomic E-state index is -0.655. The van der Waals surface area contributed by atoms with Gasteiger partial charge in [0.2, 0.25) is 0 Å². The molecule has 2 nitrogen and oxygen atoms in total. The van der Waals surface area contributed by atoms with Gasteiger partial charge in [-0.1, -0.05) is 6.07 Å². The maximum absolute atomic E-state index is 11.6. The molecule has 1 aliphatic heterocycles. The molecule has 2 rings (SSSR count). The molecule has 1 fully saturated rings. The molecule has 1 aromatic rings. The van der Waals surface area contributed by atoms with Crippen molar-refractivity contribution in [3.05, 3.63) is 22.4 Å². The van der Waals surface area contributed by atoms with Gasteiger partial charge >= 0.3 is 0 Å². The molecule has 2 heterocycles. The second-order valence-electron chi connectivity index (χ2n) is 3.33. The van der Waals surface area contributed by atoms with E-state index in [4.69, 9.17) is 0 Å². The first-order valence-electron chi connectivity index (χ1n) is 4.41. The van der Waals surface area contributed by atoms with Gasteiger partial charge in [0.05, 0.1) is 6.04 Å². The van der Waals surface area contributed by atoms with Crippen molar-refractivity contribution < 1.29 is 4.21 Å². The van der Waals surface area contributed by atoms with Crippen LogP contribution in [0, 0.1) is 0 Å². The third-order valence-electron chi connectivity index (χ3n) is 2.32. The van der Waals surface area contributed by atoms with Gasteiger partial charge < -0.3 is 5.32 Å². The van der Waals surface area contributed by atoms with Crippen LogP contribution in [-0.2, 0) is 10.8 Å². The van der Waals surface area contributed by atoms with Crippen molar-refractivity contribution >= 4 is 22.1 Å². The Bertz CT molecular complexity index is 297. The summed E-state index contributed by atoms with van der Waals surface area (Å²) >= 11 is 1.74. The van der Waals surface area contributed by atoms with Crippen LogP contribution in [0.1, 0.15) is 17.8 Å². The van der Waals surface area contributed by atoms with Crippen molar-refractivity contribution in [3.8, 4) is 0 Å². The van der Waals surface area contributed by atoms with E-state index in [1.807, 2.05) is 13.0 Å². The largest absolute Gasteiger partial charge is 0.307 e. The fraction of sp³-hybridized carbons (Fsp3) is 0.556. The molecule has 0 aromatic carbocycles. The van der Waals surface area contributed by atoms with Gasteiger partial charge in [0.1, 0.15) is 0 Å². The molecule has 0 aliphatic carbocycles. The Balaban J connectivity index is 2.08. The zero-order chi connectivity index (χ0) is 9.26. The number of hydrogen-bond donors (Lipinski definition) is 1. The molecule has 0 bridgehead atoms. The van der Waals surface area contributed by atoms with E-state index in [0.717, 1.165) is 12.3 Å². The average molecular weight is 215 g/mol. The normalized spacial score (nSPS) is 34.7. The quantitative estimate of drug-likeness (QED) is 0.770. The van der Waals surface area contributed by atoms with Crippen LogP contribution in [0.25, 0.3) is 0 Å². The highest BCUT2D eigenvalue weighted by Gasteiger charge is 2.24. The van der Waals surface area contributed by atoms with Gasteiger partial charge in [-0.25, -0.2) is 0 Å². The Morgan fingerprint density at radius 1 is 1.69 bits per heavy atom. The molecule has 0 radical (unpaired) electrons. The molecule has 0 spiro atoms. The third kappa shape index (κ3) is 2.00. The van der Waals surface area contributed by atoms with E-state index in [2.05, 4.69) is 16.8 Å². The summed E-state index contributed by atoms with van der Waals surface area (Å²) in [4.78, 5) is 1.31. The lowest BCUT2D eigenvalue weighted by Gasteiger charge is -2.26. The summed E-state index contributed by atoms with van der Waals surface area (Å²) in [5.74, 6) is 0.766. The van der Waals surface area contributed by atoms with Crippen LogP contribution >= 0.6 is 11.3 Å². The van der Waals surface area contributed by atoms with Gasteiger partial charge in [0.25, 0.3) is 0 Å². The maximum atomic E-state index is 11.6. The molecule has 3 atom stereocenters. The topological polar surface area (TPSA) is 29.1 Å². The fourth-order valence-electron chi connectivity index (χ4n) is 1.46. The molecule has 1 aliphatic rings. The second kappa shape index (κ2) is 3.90. The Labute approximate surface area is 84.8 Å². The molecule has 4 heteroatoms. The average Bonchev–Trinajstić information content (AvgIpc) is 2.62. The first kappa shape index (κ1) is 9.37. The van der Waals surface area contributed by atoms with Gasteiger partial charge in [-0.2, -0.15) is 0 Å². The van der Waals surface area contributed by atoms with Crippen LogP contribution in [0.4, 0.5) is 0 Å². The molecular weight excluding hydrogens is 202 g/mol. The monoisotopic (exact) mass is 215 g/mol. The molecule has 1 aromatic heterocycles. The van der Waals surface area contributed by atoms with Gasteiger partial charge in [-0.3, -0.25) is 4.21 Å². The number of rotatable bonds is 1. The van der Waals surface area contributed by atoms with Crippen LogP contribution < -0.4 is 5.32 Å². The minimum Gasteiger partial charge on any atom is -0.307 e. The Hall–Kier alpha value is -0.190. The van der Waals surface area contributed by atoms with Crippen LogP contribution in [0.3, 0.4) is 0 Å². The van der Waals surface area contributed by atoms with E-state index in [1.54, 1.807) is 11.3 Å². The highest BCUT2D eigenvalue weighted by molar-refractivity contribution is 7.85. The van der Waals surface area contributed by atoms with Gasteiger partial charge in [0, 0.05) is 33.2 Å². The predicted octanol–water partition coefficient (Wildman–Crippen LogP) is 1.53. The van der Waals surface area contributed by atoms with E-state index < -0.39 is 10.8 Å². The zero-order valence-electron chi connectivity index (χ0n) is 7.53. The second-order valence-corrected chi connectivity index (χ2v) is 6.21. The van der Waals surface area contributed by atoms with Crippen molar-refractivity contribution in [1.82, 2.24) is 5.32 Å². The maximum Gasteiger partial charge on any atom is 0.0532 e. The molecule has 13 heavy (non-hydrogen) atoms. The molecular formula is C9H13NOS2. The SMILES string of the molecule is CC1CNC(c2cccs2)CS1=O. The molecule has 0 saturated carbocycles.